The van der Waals surface area contributed by atoms with Crippen molar-refractivity contribution in [2.75, 3.05) is 40.3 Å². The molecule has 2 N–H and O–H groups in total. The molecule has 0 saturated heterocycles. The molecular formula is C78H76BrN4NaO10. The molecule has 0 amide bonds. The summed E-state index contributed by atoms with van der Waals surface area (Å²) in [5.74, 6) is -1.70. The summed E-state index contributed by atoms with van der Waals surface area (Å²) in [6.07, 6.45) is -0.242. The summed E-state index contributed by atoms with van der Waals surface area (Å²) in [4.78, 5) is 85.5. The van der Waals surface area contributed by atoms with Gasteiger partial charge in [0.1, 0.15) is 6.42 Å². The summed E-state index contributed by atoms with van der Waals surface area (Å²) in [6.45, 7) is 10.7. The molecule has 0 bridgehead atoms. The Morgan fingerprint density at radius 3 is 0.872 bits per heavy atom. The number of anilines is 10. The summed E-state index contributed by atoms with van der Waals surface area (Å²) in [5, 5.41) is 0. The first-order valence-corrected chi connectivity index (χ1v) is 31.0. The zero-order valence-corrected chi connectivity index (χ0v) is 57.4. The number of nitrogen functional groups attached to an aromatic ring is 1. The Morgan fingerprint density at radius 1 is 0.362 bits per heavy atom. The number of nitrogens with two attached hydrogens (primary N) is 1. The molecule has 0 heterocycles. The van der Waals surface area contributed by atoms with Crippen molar-refractivity contribution in [1.82, 2.24) is 0 Å². The van der Waals surface area contributed by atoms with E-state index in [-0.39, 0.29) is 79.7 Å². The summed E-state index contributed by atoms with van der Waals surface area (Å²) >= 11 is 3.13. The number of hydrogen-bond acceptors (Lipinski definition) is 14. The van der Waals surface area contributed by atoms with Crippen molar-refractivity contribution < 1.29 is 78.8 Å². The smallest absolute Gasteiger partial charge is 1.00 e. The van der Waals surface area contributed by atoms with Crippen LogP contribution in [0.4, 0.5) is 56.9 Å². The molecule has 94 heavy (non-hydrogen) atoms. The number of benzene rings is 10. The number of halogens is 1. The van der Waals surface area contributed by atoms with Crippen molar-refractivity contribution in [1.29, 1.82) is 0 Å². The van der Waals surface area contributed by atoms with Gasteiger partial charge in [0.25, 0.3) is 0 Å². The van der Waals surface area contributed by atoms with Crippen LogP contribution in [0.15, 0.2) is 279 Å². The molecular weight excluding hydrogens is 1260 g/mol. The van der Waals surface area contributed by atoms with E-state index in [4.69, 9.17) is 15.2 Å². The average Bonchev–Trinajstić information content (AvgIpc) is 0.935. The predicted molar refractivity (Wildman–Crippen MR) is 377 cm³/mol. The van der Waals surface area contributed by atoms with E-state index in [0.29, 0.717) is 29.0 Å². The number of nitrogens with zero attached hydrogens (tertiary/aromatic N) is 3. The van der Waals surface area contributed by atoms with Gasteiger partial charge >= 0.3 is 47.5 Å². The van der Waals surface area contributed by atoms with E-state index in [2.05, 4.69) is 59.6 Å². The van der Waals surface area contributed by atoms with Gasteiger partial charge in [-0.1, -0.05) is 125 Å². The van der Waals surface area contributed by atoms with E-state index in [0.717, 1.165) is 56.7 Å². The number of rotatable bonds is 20. The Labute approximate surface area is 582 Å². The number of carbonyl (C=O) groups is 7. The molecule has 16 heteroatoms. The van der Waals surface area contributed by atoms with Gasteiger partial charge in [-0.05, 0) is 204 Å². The number of ether oxygens (including phenoxy) is 3. The third-order valence-corrected chi connectivity index (χ3v) is 14.3. The van der Waals surface area contributed by atoms with Crippen LogP contribution in [0.3, 0.4) is 0 Å². The van der Waals surface area contributed by atoms with E-state index in [9.17, 15) is 33.6 Å². The fourth-order valence-corrected chi connectivity index (χ4v) is 9.45. The van der Waals surface area contributed by atoms with Gasteiger partial charge in [0, 0.05) is 86.1 Å². The Kier molecular flexibility index (Phi) is 31.8. The molecule has 10 aromatic rings. The molecule has 0 fully saturated rings. The summed E-state index contributed by atoms with van der Waals surface area (Å²) in [6, 6.07) is 89.5. The molecule has 0 aliphatic carbocycles. The maximum Gasteiger partial charge on any atom is 1.00 e. The second kappa shape index (κ2) is 40.1. The second-order valence-electron chi connectivity index (χ2n) is 20.2. The fourth-order valence-electron chi connectivity index (χ4n) is 9.06. The molecule has 0 saturated carbocycles. The second-order valence-corrected chi connectivity index (χ2v) is 21.1. The molecule has 0 aliphatic heterocycles. The Morgan fingerprint density at radius 2 is 0.617 bits per heavy atom. The molecule has 476 valence electrons. The van der Waals surface area contributed by atoms with Crippen LogP contribution in [0.1, 0.15) is 90.8 Å². The van der Waals surface area contributed by atoms with Crippen LogP contribution < -0.4 is 50.0 Å². The molecule has 1 unspecified atom stereocenters. The Balaban J connectivity index is 0.000000270. The van der Waals surface area contributed by atoms with Crippen LogP contribution in [0.5, 0.6) is 0 Å². The quantitative estimate of drug-likeness (QED) is 0.0145. The van der Waals surface area contributed by atoms with Crippen LogP contribution in [-0.4, -0.2) is 65.7 Å². The summed E-state index contributed by atoms with van der Waals surface area (Å²) in [7, 11) is 0. The zero-order valence-electron chi connectivity index (χ0n) is 54.8. The van der Waals surface area contributed by atoms with Crippen LogP contribution >= 0.6 is 15.9 Å². The molecule has 0 spiro atoms. The van der Waals surface area contributed by atoms with E-state index in [1.54, 1.807) is 76.2 Å². The minimum atomic E-state index is -1.00. The molecule has 14 nitrogen and oxygen atoms in total. The van der Waals surface area contributed by atoms with E-state index in [1.165, 1.54) is 13.8 Å². The van der Waals surface area contributed by atoms with Crippen LogP contribution in [0, 0.1) is 0 Å². The number of para-hydroxylation sites is 6. The van der Waals surface area contributed by atoms with Crippen molar-refractivity contribution in [3.8, 4) is 0 Å². The zero-order chi connectivity index (χ0) is 66.9. The van der Waals surface area contributed by atoms with E-state index in [1.807, 2.05) is 206 Å². The summed E-state index contributed by atoms with van der Waals surface area (Å²) < 4.78 is 14.2. The molecule has 0 aromatic heterocycles. The SMILES string of the molecule is CC(=O)c1ccc(N(c2ccccc2)c2ccccc2)cc1.CC(=O)c1ccc(N)cc1.CCOC(=O)C(Br)C(=O)c1ccc(N(c2ccccc2)c2ccccc2)cc1.CCOC(=O)CC(=O)c1ccc(N(c2ccccc2)c2ccccc2)cc1.CCOC(C)=O.[H-].[Na+]. The molecule has 1 atom stereocenters. The van der Waals surface area contributed by atoms with Gasteiger partial charge in [-0.25, -0.2) is 0 Å². The van der Waals surface area contributed by atoms with Crippen molar-refractivity contribution in [3.05, 3.63) is 301 Å². The van der Waals surface area contributed by atoms with Gasteiger partial charge in [-0.3, -0.25) is 33.6 Å². The maximum absolute atomic E-state index is 12.5. The van der Waals surface area contributed by atoms with Gasteiger partial charge in [0.15, 0.2) is 28.0 Å². The van der Waals surface area contributed by atoms with Crippen molar-refractivity contribution >= 4 is 114 Å². The first kappa shape index (κ1) is 74.7. The molecule has 0 radical (unpaired) electrons. The van der Waals surface area contributed by atoms with Gasteiger partial charge in [-0.2, -0.15) is 0 Å². The monoisotopic (exact) mass is 1330 g/mol. The van der Waals surface area contributed by atoms with E-state index < -0.39 is 16.8 Å². The normalized spacial score (nSPS) is 10.2. The minimum Gasteiger partial charge on any atom is -1.00 e. The van der Waals surface area contributed by atoms with Gasteiger partial charge in [0.2, 0.25) is 0 Å². The predicted octanol–water partition coefficient (Wildman–Crippen LogP) is 15.5. The molecule has 0 aliphatic rings. The van der Waals surface area contributed by atoms with Gasteiger partial charge in [0.05, 0.1) is 19.8 Å². The van der Waals surface area contributed by atoms with Gasteiger partial charge < -0.3 is 36.1 Å². The third kappa shape index (κ3) is 23.6. The van der Waals surface area contributed by atoms with Crippen LogP contribution in [-0.2, 0) is 28.6 Å². The molecule has 10 aromatic carbocycles. The van der Waals surface area contributed by atoms with E-state index >= 15 is 0 Å². The largest absolute Gasteiger partial charge is 1.00 e. The topological polar surface area (TPSA) is 183 Å². The fraction of sp³-hybridized carbons (Fsp3) is 0.141. The van der Waals surface area contributed by atoms with Crippen molar-refractivity contribution in [2.24, 2.45) is 0 Å². The number of ketones is 4. The van der Waals surface area contributed by atoms with Crippen molar-refractivity contribution in [2.45, 2.75) is 52.8 Å². The standard InChI is InChI=1S/C23H20BrNO3.C23H21NO3.C20H17NO.C8H9NO.C4H8O2.Na.H/c1-2-28-23(27)21(24)22(26)17-13-15-20(16-14-17)25(18-9-5-3-6-10-18)19-11-7-4-8-12-19;1-2-27-23(26)17-22(25)18-13-15-21(16-14-18)24(19-9-5-3-6-10-19)20-11-7-4-8-12-20;1-16(22)17-12-14-20(15-13-17)21(18-8-4-2-5-9-18)19-10-6-3-7-11-19;1-6(10)7-2-4-8(9)5-3-7;1-3-6-4(2)5;;/h3-16,21H,2H2,1H3;3-16H,2,17H2,1H3;2-15H,1H3;2-5H,9H2,1H3;3H2,1-2H3;;/q;;;;;+1;-1. The van der Waals surface area contributed by atoms with Gasteiger partial charge in [-0.15, -0.1) is 0 Å². The van der Waals surface area contributed by atoms with Crippen LogP contribution in [0.25, 0.3) is 0 Å². The number of esters is 3. The number of alkyl halides is 1. The summed E-state index contributed by atoms with van der Waals surface area (Å²) in [5.41, 5.74) is 17.6. The van der Waals surface area contributed by atoms with Crippen LogP contribution in [0.2, 0.25) is 0 Å². The first-order valence-electron chi connectivity index (χ1n) is 30.1. The first-order chi connectivity index (χ1) is 45.0. The number of carbonyl (C=O) groups excluding carboxylic acids is 7. The minimum absolute atomic E-state index is 0. The Hall–Kier alpha value is -10.0. The number of hydrogen-bond donors (Lipinski definition) is 1. The third-order valence-electron chi connectivity index (χ3n) is 13.5. The maximum atomic E-state index is 12.5. The average molecular weight is 1330 g/mol. The van der Waals surface area contributed by atoms with Crippen molar-refractivity contribution in [3.63, 3.8) is 0 Å². The number of Topliss-reactive ketones (excluding diaryl/α,β-unsaturated/α-hetero) is 4. The Bertz CT molecular complexity index is 3820. The molecule has 10 rings (SSSR count).